The molecule has 2 unspecified atom stereocenters. The maximum Gasteiger partial charge on any atom is 0.357 e. The van der Waals surface area contributed by atoms with Crippen LogP contribution < -0.4 is 5.48 Å². The molecule has 0 fully saturated rings. The Kier molecular flexibility index (Phi) is 13.3. The zero-order valence-corrected chi connectivity index (χ0v) is 26.8. The summed E-state index contributed by atoms with van der Waals surface area (Å²) in [7, 11) is -2.14. The number of nitro benzene ring substituents is 1. The highest BCUT2D eigenvalue weighted by Gasteiger charge is 2.41. The van der Waals surface area contributed by atoms with Gasteiger partial charge in [-0.3, -0.25) is 10.1 Å². The van der Waals surface area contributed by atoms with Crippen LogP contribution in [0.15, 0.2) is 29.6 Å². The van der Waals surface area contributed by atoms with E-state index in [9.17, 15) is 14.9 Å². The van der Waals surface area contributed by atoms with Gasteiger partial charge in [0, 0.05) is 30.2 Å². The Morgan fingerprint density at radius 2 is 1.85 bits per heavy atom. The Morgan fingerprint density at radius 1 is 1.18 bits per heavy atom. The number of benzene rings is 1. The highest BCUT2D eigenvalue weighted by atomic mass is 32.1. The molecule has 224 valence electrons. The topological polar surface area (TPSA) is 122 Å². The lowest BCUT2D eigenvalue weighted by Gasteiger charge is -2.40. The lowest BCUT2D eigenvalue weighted by molar-refractivity contribution is -0.384. The summed E-state index contributed by atoms with van der Waals surface area (Å²) in [6.07, 6.45) is 1.03. The Hall–Kier alpha value is -2.22. The summed E-state index contributed by atoms with van der Waals surface area (Å²) in [4.78, 5) is 33.0. The number of ether oxygens (including phenoxy) is 2. The first-order chi connectivity index (χ1) is 18.7. The smallest absolute Gasteiger partial charge is 0.357 e. The molecule has 40 heavy (non-hydrogen) atoms. The van der Waals surface area contributed by atoms with Crippen molar-refractivity contribution in [1.29, 1.82) is 0 Å². The van der Waals surface area contributed by atoms with Crippen LogP contribution >= 0.6 is 11.3 Å². The molecule has 0 aliphatic heterocycles. The number of hydrogen-bond donors (Lipinski definition) is 1. The van der Waals surface area contributed by atoms with Crippen LogP contribution in [0, 0.1) is 16.0 Å². The van der Waals surface area contributed by atoms with Crippen LogP contribution in [0.3, 0.4) is 0 Å². The summed E-state index contributed by atoms with van der Waals surface area (Å²) >= 11 is 1.42. The number of aromatic nitrogens is 1. The number of carbonyl (C=O) groups is 1. The fourth-order valence-electron chi connectivity index (χ4n) is 3.46. The van der Waals surface area contributed by atoms with Crippen molar-refractivity contribution in [2.45, 2.75) is 91.3 Å². The van der Waals surface area contributed by atoms with Crippen molar-refractivity contribution in [3.05, 3.63) is 56.0 Å². The van der Waals surface area contributed by atoms with Crippen LogP contribution in [0.4, 0.5) is 5.69 Å². The molecule has 0 bridgehead atoms. The van der Waals surface area contributed by atoms with E-state index in [1.54, 1.807) is 24.4 Å². The van der Waals surface area contributed by atoms with Gasteiger partial charge in [0.05, 0.1) is 30.8 Å². The van der Waals surface area contributed by atoms with E-state index in [4.69, 9.17) is 18.7 Å². The zero-order chi connectivity index (χ0) is 29.9. The average molecular weight is 596 g/mol. The molecule has 0 aliphatic carbocycles. The van der Waals surface area contributed by atoms with E-state index in [2.05, 4.69) is 58.2 Å². The van der Waals surface area contributed by atoms with Gasteiger partial charge >= 0.3 is 5.97 Å². The highest BCUT2D eigenvalue weighted by molar-refractivity contribution is 7.09. The largest absolute Gasteiger partial charge is 0.461 e. The molecule has 1 N–H and O–H groups in total. The third-order valence-electron chi connectivity index (χ3n) is 6.98. The van der Waals surface area contributed by atoms with Gasteiger partial charge in [0.25, 0.3) is 5.69 Å². The molecule has 0 amide bonds. The second kappa shape index (κ2) is 15.7. The van der Waals surface area contributed by atoms with Gasteiger partial charge in [-0.25, -0.2) is 9.78 Å². The van der Waals surface area contributed by atoms with E-state index >= 15 is 0 Å². The first-order valence-corrected chi connectivity index (χ1v) is 17.5. The van der Waals surface area contributed by atoms with Gasteiger partial charge in [-0.05, 0) is 61.5 Å². The van der Waals surface area contributed by atoms with Gasteiger partial charge in [0.15, 0.2) is 14.0 Å². The second-order valence-corrected chi connectivity index (χ2v) is 17.2. The van der Waals surface area contributed by atoms with Gasteiger partial charge in [0.2, 0.25) is 0 Å². The number of esters is 1. The molecule has 0 aliphatic rings. The van der Waals surface area contributed by atoms with Crippen LogP contribution in [0.2, 0.25) is 18.1 Å². The minimum Gasteiger partial charge on any atom is -0.461 e. The third-order valence-corrected chi connectivity index (χ3v) is 12.4. The number of hydroxylamine groups is 1. The van der Waals surface area contributed by atoms with Gasteiger partial charge in [-0.15, -0.1) is 11.3 Å². The number of carbonyl (C=O) groups excluding carboxylic acids is 1. The number of nitrogens with zero attached hydrogens (tertiary/aromatic N) is 2. The monoisotopic (exact) mass is 595 g/mol. The third kappa shape index (κ3) is 10.6. The maximum absolute atomic E-state index is 12.2. The molecule has 1 aromatic carbocycles. The van der Waals surface area contributed by atoms with E-state index in [0.29, 0.717) is 45.0 Å². The molecule has 0 spiro atoms. The first kappa shape index (κ1) is 34.0. The van der Waals surface area contributed by atoms with Crippen LogP contribution in [-0.4, -0.2) is 50.1 Å². The maximum atomic E-state index is 12.2. The van der Waals surface area contributed by atoms with Crippen LogP contribution in [0.25, 0.3) is 0 Å². The Labute approximate surface area is 243 Å². The van der Waals surface area contributed by atoms with E-state index in [-0.39, 0.29) is 28.8 Å². The molecule has 0 radical (unpaired) electrons. The molecular weight excluding hydrogens is 550 g/mol. The summed E-state index contributed by atoms with van der Waals surface area (Å²) in [6, 6.07) is 6.34. The Balaban J connectivity index is 1.94. The van der Waals surface area contributed by atoms with Crippen molar-refractivity contribution in [1.82, 2.24) is 10.5 Å². The summed E-state index contributed by atoms with van der Waals surface area (Å²) in [5.74, 6) is -0.165. The van der Waals surface area contributed by atoms with Crippen molar-refractivity contribution in [3.63, 3.8) is 0 Å². The second-order valence-electron chi connectivity index (χ2n) is 11.5. The van der Waals surface area contributed by atoms with Crippen molar-refractivity contribution >= 4 is 31.3 Å². The molecule has 2 rings (SSSR count). The van der Waals surface area contributed by atoms with Gasteiger partial charge in [-0.2, -0.15) is 5.48 Å². The molecule has 2 atom stereocenters. The molecule has 2 aromatic rings. The standard InChI is InChI=1S/C28H45N3O7SSi/c1-9-36-27(32)24-19-39-26(29-24)25(38-40(7,8)28(4,5)6)17-23(20(2)3)30-37-16-10-15-35-18-21-11-13-22(14-12-21)31(33)34/h11-14,19-20,23,25,30H,9-10,15-18H2,1-8H3. The number of nitrogens with one attached hydrogen (secondary N) is 1. The van der Waals surface area contributed by atoms with Crippen molar-refractivity contribution in [3.8, 4) is 0 Å². The summed E-state index contributed by atoms with van der Waals surface area (Å²) in [6.45, 7) is 18.7. The average Bonchev–Trinajstić information content (AvgIpc) is 3.37. The van der Waals surface area contributed by atoms with Crippen molar-refractivity contribution in [2.75, 3.05) is 19.8 Å². The summed E-state index contributed by atoms with van der Waals surface area (Å²) < 4.78 is 17.6. The van der Waals surface area contributed by atoms with Crippen LogP contribution in [0.5, 0.6) is 0 Å². The Morgan fingerprint density at radius 3 is 2.42 bits per heavy atom. The predicted molar refractivity (Wildman–Crippen MR) is 159 cm³/mol. The Bertz CT molecular complexity index is 1070. The van der Waals surface area contributed by atoms with Crippen LogP contribution in [0.1, 0.15) is 81.5 Å². The first-order valence-electron chi connectivity index (χ1n) is 13.7. The lowest BCUT2D eigenvalue weighted by Crippen LogP contribution is -2.44. The molecule has 12 heteroatoms. The fourth-order valence-corrected chi connectivity index (χ4v) is 5.64. The molecule has 0 saturated carbocycles. The SMILES string of the molecule is CCOC(=O)c1csc(C(CC(NOCCCOCc2ccc([N+](=O)[O-])cc2)C(C)C)O[Si](C)(C)C(C)(C)C)n1. The van der Waals surface area contributed by atoms with Gasteiger partial charge in [0.1, 0.15) is 5.01 Å². The molecule has 1 aromatic heterocycles. The quantitative estimate of drug-likeness (QED) is 0.0689. The summed E-state index contributed by atoms with van der Waals surface area (Å²) in [5.41, 5.74) is 4.47. The highest BCUT2D eigenvalue weighted by Crippen LogP contribution is 2.41. The van der Waals surface area contributed by atoms with E-state index in [0.717, 1.165) is 10.6 Å². The van der Waals surface area contributed by atoms with Gasteiger partial charge < -0.3 is 18.7 Å². The normalized spacial score (nSPS) is 13.8. The fraction of sp³-hybridized carbons (Fsp3) is 0.643. The minimum atomic E-state index is -2.14. The lowest BCUT2D eigenvalue weighted by atomic mass is 9.99. The number of hydrogen-bond acceptors (Lipinski definition) is 10. The minimum absolute atomic E-state index is 0.00857. The van der Waals surface area contributed by atoms with Gasteiger partial charge in [-0.1, -0.05) is 34.6 Å². The summed E-state index contributed by atoms with van der Waals surface area (Å²) in [5, 5.41) is 13.3. The number of rotatable bonds is 17. The molecule has 0 saturated heterocycles. The molecule has 1 heterocycles. The number of nitro groups is 1. The van der Waals surface area contributed by atoms with E-state index in [1.807, 2.05) is 0 Å². The van der Waals surface area contributed by atoms with Crippen molar-refractivity contribution < 1.29 is 28.5 Å². The molecular formula is C28H45N3O7SSi. The van der Waals surface area contributed by atoms with E-state index in [1.165, 1.54) is 23.5 Å². The van der Waals surface area contributed by atoms with Crippen LogP contribution in [-0.2, 0) is 25.3 Å². The van der Waals surface area contributed by atoms with Crippen molar-refractivity contribution in [2.24, 2.45) is 5.92 Å². The number of non-ortho nitro benzene ring substituents is 1. The zero-order valence-electron chi connectivity index (χ0n) is 25.0. The van der Waals surface area contributed by atoms with E-state index < -0.39 is 19.2 Å². The number of thiazole rings is 1. The predicted octanol–water partition coefficient (Wildman–Crippen LogP) is 6.83. The molecule has 10 nitrogen and oxygen atoms in total.